The Morgan fingerprint density at radius 1 is 0.962 bits per heavy atom. The highest BCUT2D eigenvalue weighted by molar-refractivity contribution is 5.80. The zero-order chi connectivity index (χ0) is 18.6. The average Bonchev–Trinajstić information content (AvgIpc) is 2.67. The summed E-state index contributed by atoms with van der Waals surface area (Å²) in [4.78, 5) is 11.6. The zero-order valence-electron chi connectivity index (χ0n) is 17.0. The van der Waals surface area contributed by atoms with E-state index >= 15 is 0 Å². The first-order valence-corrected chi connectivity index (χ1v) is 10.1. The van der Waals surface area contributed by atoms with Crippen LogP contribution in [-0.4, -0.2) is 76.2 Å². The van der Waals surface area contributed by atoms with Crippen LogP contribution in [0, 0.1) is 0 Å². The van der Waals surface area contributed by atoms with Crippen molar-refractivity contribution in [2.24, 2.45) is 4.99 Å². The van der Waals surface area contributed by atoms with Crippen LogP contribution in [0.2, 0.25) is 0 Å². The first-order chi connectivity index (χ1) is 12.7. The lowest BCUT2D eigenvalue weighted by Crippen LogP contribution is -2.52. The summed E-state index contributed by atoms with van der Waals surface area (Å²) in [7, 11) is 6.19. The highest BCUT2D eigenvalue weighted by atomic mass is 15.3. The van der Waals surface area contributed by atoms with Gasteiger partial charge in [0, 0.05) is 45.5 Å². The van der Waals surface area contributed by atoms with Crippen LogP contribution >= 0.6 is 0 Å². The van der Waals surface area contributed by atoms with Gasteiger partial charge >= 0.3 is 0 Å². The van der Waals surface area contributed by atoms with Crippen molar-refractivity contribution in [1.29, 1.82) is 0 Å². The molecule has 2 rings (SSSR count). The molecule has 5 nitrogen and oxygen atoms in total. The molecule has 0 radical (unpaired) electrons. The second-order valence-electron chi connectivity index (χ2n) is 7.35. The largest absolute Gasteiger partial charge is 0.368 e. The molecule has 26 heavy (non-hydrogen) atoms. The molecule has 0 aromatic heterocycles. The van der Waals surface area contributed by atoms with Crippen molar-refractivity contribution < 1.29 is 0 Å². The first-order valence-electron chi connectivity index (χ1n) is 10.1. The Labute approximate surface area is 160 Å². The Balaban J connectivity index is 1.59. The molecule has 1 saturated heterocycles. The van der Waals surface area contributed by atoms with E-state index in [0.717, 1.165) is 38.7 Å². The predicted molar refractivity (Wildman–Crippen MR) is 113 cm³/mol. The summed E-state index contributed by atoms with van der Waals surface area (Å²) in [6, 6.07) is 10.7. The van der Waals surface area contributed by atoms with Gasteiger partial charge in [0.1, 0.15) is 0 Å². The van der Waals surface area contributed by atoms with Gasteiger partial charge in [-0.15, -0.1) is 0 Å². The number of nitrogens with zero attached hydrogens (tertiary/aromatic N) is 4. The molecule has 1 N–H and O–H groups in total. The van der Waals surface area contributed by atoms with E-state index in [1.807, 2.05) is 7.05 Å². The summed E-state index contributed by atoms with van der Waals surface area (Å²) in [6.45, 7) is 6.39. The molecule has 1 fully saturated rings. The van der Waals surface area contributed by atoms with E-state index in [1.165, 1.54) is 44.3 Å². The standard InChI is InChI=1S/C21H37N5/c1-22-21(23-14-10-5-4-6-11-15-24(2)3)26-18-16-25(17-19-26)20-12-8-7-9-13-20/h7-9,12-13H,4-6,10-11,14-19H2,1-3H3,(H,22,23). The summed E-state index contributed by atoms with van der Waals surface area (Å²) in [5, 5.41) is 3.55. The topological polar surface area (TPSA) is 34.1 Å². The second kappa shape index (κ2) is 11.8. The van der Waals surface area contributed by atoms with Gasteiger partial charge in [-0.05, 0) is 45.6 Å². The van der Waals surface area contributed by atoms with Crippen LogP contribution < -0.4 is 10.2 Å². The normalized spacial score (nSPS) is 15.6. The van der Waals surface area contributed by atoms with Gasteiger partial charge in [0.25, 0.3) is 0 Å². The fraction of sp³-hybridized carbons (Fsp3) is 0.667. The molecule has 1 aliphatic rings. The number of aliphatic imine (C=N–C) groups is 1. The zero-order valence-corrected chi connectivity index (χ0v) is 17.0. The molecule has 0 atom stereocenters. The van der Waals surface area contributed by atoms with Crippen molar-refractivity contribution in [2.75, 3.05) is 65.3 Å². The van der Waals surface area contributed by atoms with Crippen LogP contribution in [0.4, 0.5) is 5.69 Å². The van der Waals surface area contributed by atoms with Crippen LogP contribution in [0.5, 0.6) is 0 Å². The minimum Gasteiger partial charge on any atom is -0.368 e. The first kappa shape index (κ1) is 20.6. The number of nitrogens with one attached hydrogen (secondary N) is 1. The maximum atomic E-state index is 4.48. The van der Waals surface area contributed by atoms with Crippen molar-refractivity contribution in [3.05, 3.63) is 30.3 Å². The average molecular weight is 360 g/mol. The molecule has 1 aromatic rings. The summed E-state index contributed by atoms with van der Waals surface area (Å²) >= 11 is 0. The molecule has 0 aliphatic carbocycles. The second-order valence-corrected chi connectivity index (χ2v) is 7.35. The van der Waals surface area contributed by atoms with Crippen molar-refractivity contribution >= 4 is 11.6 Å². The van der Waals surface area contributed by atoms with Gasteiger partial charge < -0.3 is 20.0 Å². The SMILES string of the molecule is CN=C(NCCCCCCCN(C)C)N1CCN(c2ccccc2)CC1. The molecule has 0 unspecified atom stereocenters. The smallest absolute Gasteiger partial charge is 0.193 e. The van der Waals surface area contributed by atoms with Crippen molar-refractivity contribution in [3.8, 4) is 0 Å². The number of anilines is 1. The molecule has 1 heterocycles. The quantitative estimate of drug-likeness (QED) is 0.418. The van der Waals surface area contributed by atoms with Gasteiger partial charge in [-0.2, -0.15) is 0 Å². The summed E-state index contributed by atoms with van der Waals surface area (Å²) in [6.07, 6.45) is 6.52. The van der Waals surface area contributed by atoms with E-state index in [4.69, 9.17) is 0 Å². The lowest BCUT2D eigenvalue weighted by molar-refractivity contribution is 0.371. The molecular weight excluding hydrogens is 322 g/mol. The molecule has 0 spiro atoms. The molecule has 0 saturated carbocycles. The maximum absolute atomic E-state index is 4.48. The Bertz CT molecular complexity index is 506. The number of guanidine groups is 1. The Morgan fingerprint density at radius 3 is 2.27 bits per heavy atom. The van der Waals surface area contributed by atoms with E-state index in [0.29, 0.717) is 0 Å². The maximum Gasteiger partial charge on any atom is 0.193 e. The fourth-order valence-electron chi connectivity index (χ4n) is 3.43. The lowest BCUT2D eigenvalue weighted by Gasteiger charge is -2.37. The number of hydrogen-bond donors (Lipinski definition) is 1. The molecule has 1 aliphatic heterocycles. The molecule has 5 heteroatoms. The number of rotatable bonds is 9. The highest BCUT2D eigenvalue weighted by Gasteiger charge is 2.19. The number of benzene rings is 1. The Morgan fingerprint density at radius 2 is 1.62 bits per heavy atom. The Hall–Kier alpha value is -1.75. The minimum absolute atomic E-state index is 1.03. The number of hydrogen-bond acceptors (Lipinski definition) is 3. The van der Waals surface area contributed by atoms with Gasteiger partial charge in [-0.3, -0.25) is 4.99 Å². The number of unbranched alkanes of at least 4 members (excludes halogenated alkanes) is 4. The molecular formula is C21H37N5. The summed E-state index contributed by atoms with van der Waals surface area (Å²) < 4.78 is 0. The third-order valence-corrected chi connectivity index (χ3v) is 4.98. The number of para-hydroxylation sites is 1. The van der Waals surface area contributed by atoms with Crippen LogP contribution in [0.15, 0.2) is 35.3 Å². The summed E-state index contributed by atoms with van der Waals surface area (Å²) in [5.41, 5.74) is 1.32. The van der Waals surface area contributed by atoms with E-state index in [1.54, 1.807) is 0 Å². The van der Waals surface area contributed by atoms with Crippen LogP contribution in [0.3, 0.4) is 0 Å². The van der Waals surface area contributed by atoms with Gasteiger partial charge in [-0.25, -0.2) is 0 Å². The molecule has 1 aromatic carbocycles. The van der Waals surface area contributed by atoms with Crippen LogP contribution in [0.1, 0.15) is 32.1 Å². The van der Waals surface area contributed by atoms with Crippen molar-refractivity contribution in [1.82, 2.24) is 15.1 Å². The van der Waals surface area contributed by atoms with E-state index in [2.05, 4.69) is 69.4 Å². The van der Waals surface area contributed by atoms with E-state index in [-0.39, 0.29) is 0 Å². The fourth-order valence-corrected chi connectivity index (χ4v) is 3.43. The molecule has 146 valence electrons. The molecule has 0 amide bonds. The third kappa shape index (κ3) is 7.24. The van der Waals surface area contributed by atoms with Crippen molar-refractivity contribution in [2.45, 2.75) is 32.1 Å². The Kier molecular flexibility index (Phi) is 9.32. The van der Waals surface area contributed by atoms with E-state index in [9.17, 15) is 0 Å². The van der Waals surface area contributed by atoms with Crippen LogP contribution in [0.25, 0.3) is 0 Å². The lowest BCUT2D eigenvalue weighted by atomic mass is 10.1. The minimum atomic E-state index is 1.03. The van der Waals surface area contributed by atoms with Crippen LogP contribution in [-0.2, 0) is 0 Å². The third-order valence-electron chi connectivity index (χ3n) is 4.98. The highest BCUT2D eigenvalue weighted by Crippen LogP contribution is 2.15. The monoisotopic (exact) mass is 359 g/mol. The van der Waals surface area contributed by atoms with E-state index < -0.39 is 0 Å². The van der Waals surface area contributed by atoms with Gasteiger partial charge in [0.15, 0.2) is 5.96 Å². The van der Waals surface area contributed by atoms with Crippen molar-refractivity contribution in [3.63, 3.8) is 0 Å². The molecule has 0 bridgehead atoms. The van der Waals surface area contributed by atoms with Gasteiger partial charge in [0.2, 0.25) is 0 Å². The number of piperazine rings is 1. The van der Waals surface area contributed by atoms with Gasteiger partial charge in [0.05, 0.1) is 0 Å². The predicted octanol–water partition coefficient (Wildman–Crippen LogP) is 2.90. The summed E-state index contributed by atoms with van der Waals surface area (Å²) in [5.74, 6) is 1.06. The van der Waals surface area contributed by atoms with Gasteiger partial charge in [-0.1, -0.05) is 37.5 Å².